The maximum absolute atomic E-state index is 13.4. The molecular formula is C20H24N4O5S. The highest BCUT2D eigenvalue weighted by Crippen LogP contribution is 2.45. The van der Waals surface area contributed by atoms with Crippen molar-refractivity contribution in [3.8, 4) is 0 Å². The Bertz CT molecular complexity index is 1000. The molecule has 2 aliphatic heterocycles. The zero-order valence-corrected chi connectivity index (χ0v) is 17.1. The first-order valence-corrected chi connectivity index (χ1v) is 11.2. The van der Waals surface area contributed by atoms with Crippen molar-refractivity contribution < 1.29 is 23.2 Å². The summed E-state index contributed by atoms with van der Waals surface area (Å²) in [4.78, 5) is 15.3. The Morgan fingerprint density at radius 3 is 2.57 bits per heavy atom. The number of carbonyl (C=O) groups is 1. The van der Waals surface area contributed by atoms with Crippen molar-refractivity contribution in [1.82, 2.24) is 10.8 Å². The van der Waals surface area contributed by atoms with Crippen molar-refractivity contribution in [3.63, 3.8) is 0 Å². The van der Waals surface area contributed by atoms with Crippen molar-refractivity contribution >= 4 is 33.4 Å². The largest absolute Gasteiger partial charge is 0.525 e. The van der Waals surface area contributed by atoms with E-state index in [4.69, 9.17) is 5.11 Å². The van der Waals surface area contributed by atoms with E-state index >= 15 is 0 Å². The van der Waals surface area contributed by atoms with Crippen molar-refractivity contribution in [2.24, 2.45) is 5.92 Å². The van der Waals surface area contributed by atoms with Gasteiger partial charge in [0.2, 0.25) is 0 Å². The molecular weight excluding hydrogens is 408 g/mol. The molecule has 160 valence electrons. The average Bonchev–Trinajstić information content (AvgIpc) is 2.97. The van der Waals surface area contributed by atoms with Gasteiger partial charge in [-0.1, -0.05) is 30.3 Å². The van der Waals surface area contributed by atoms with Crippen LogP contribution >= 0.6 is 0 Å². The molecule has 4 rings (SSSR count). The minimum atomic E-state index is -3.78. The number of piperidine rings is 1. The van der Waals surface area contributed by atoms with Crippen molar-refractivity contribution in [2.75, 3.05) is 28.2 Å². The maximum atomic E-state index is 13.4. The number of hydrogen-bond acceptors (Lipinski definition) is 6. The predicted molar refractivity (Wildman–Crippen MR) is 113 cm³/mol. The third kappa shape index (κ3) is 3.93. The summed E-state index contributed by atoms with van der Waals surface area (Å²) in [5, 5.41) is 12.0. The molecule has 2 atom stereocenters. The van der Waals surface area contributed by atoms with Gasteiger partial charge in [0.05, 0.1) is 17.1 Å². The van der Waals surface area contributed by atoms with Crippen LogP contribution in [0.4, 0.5) is 21.9 Å². The van der Waals surface area contributed by atoms with Crippen LogP contribution in [0.2, 0.25) is 0 Å². The standard InChI is InChI=1S/C20H24N4O5S/c25-20(26)29-22-17-10-12-21-14-15(17)11-13-23-18-8-4-5-9-19(18)24(30(23,27)28)16-6-2-1-3-7-16/h1-9,15,17,21-22H,10-14H2,(H,25,26). The minimum Gasteiger partial charge on any atom is -0.448 e. The number of carboxylic acid groups (broad SMARTS) is 1. The Balaban J connectivity index is 1.56. The summed E-state index contributed by atoms with van der Waals surface area (Å²) >= 11 is 0. The summed E-state index contributed by atoms with van der Waals surface area (Å²) in [6.07, 6.45) is -0.150. The fraction of sp³-hybridized carbons (Fsp3) is 0.350. The van der Waals surface area contributed by atoms with Crippen LogP contribution in [0.15, 0.2) is 54.6 Å². The van der Waals surface area contributed by atoms with Gasteiger partial charge < -0.3 is 15.3 Å². The number of rotatable bonds is 6. The molecule has 3 N–H and O–H groups in total. The third-order valence-electron chi connectivity index (χ3n) is 5.48. The van der Waals surface area contributed by atoms with Crippen molar-refractivity contribution in [1.29, 1.82) is 0 Å². The number of nitrogens with one attached hydrogen (secondary N) is 2. The first-order valence-electron chi connectivity index (χ1n) is 9.81. The molecule has 9 nitrogen and oxygen atoms in total. The average molecular weight is 433 g/mol. The van der Waals surface area contributed by atoms with E-state index in [1.54, 1.807) is 24.3 Å². The van der Waals surface area contributed by atoms with Gasteiger partial charge in [0, 0.05) is 12.6 Å². The van der Waals surface area contributed by atoms with Gasteiger partial charge in [0.25, 0.3) is 0 Å². The molecule has 0 aromatic heterocycles. The van der Waals surface area contributed by atoms with E-state index in [1.807, 2.05) is 30.3 Å². The molecule has 2 unspecified atom stereocenters. The summed E-state index contributed by atoms with van der Waals surface area (Å²) in [6, 6.07) is 16.1. The van der Waals surface area contributed by atoms with Crippen LogP contribution in [0.1, 0.15) is 12.8 Å². The highest BCUT2D eigenvalue weighted by molar-refractivity contribution is 7.95. The number of nitrogens with zero attached hydrogens (tertiary/aromatic N) is 2. The van der Waals surface area contributed by atoms with E-state index in [2.05, 4.69) is 15.6 Å². The molecule has 0 radical (unpaired) electrons. The quantitative estimate of drug-likeness (QED) is 0.601. The number of hydrogen-bond donors (Lipinski definition) is 3. The van der Waals surface area contributed by atoms with Gasteiger partial charge in [0.1, 0.15) is 0 Å². The zero-order valence-electron chi connectivity index (χ0n) is 16.3. The first-order chi connectivity index (χ1) is 14.5. The summed E-state index contributed by atoms with van der Waals surface area (Å²) in [7, 11) is -3.78. The lowest BCUT2D eigenvalue weighted by Gasteiger charge is -2.33. The van der Waals surface area contributed by atoms with Crippen LogP contribution in [0, 0.1) is 5.92 Å². The molecule has 2 heterocycles. The highest BCUT2D eigenvalue weighted by atomic mass is 32.2. The van der Waals surface area contributed by atoms with E-state index in [0.717, 1.165) is 6.54 Å². The van der Waals surface area contributed by atoms with Crippen LogP contribution in [-0.4, -0.2) is 45.4 Å². The Labute approximate surface area is 175 Å². The fourth-order valence-corrected chi connectivity index (χ4v) is 5.78. The number of para-hydroxylation sites is 3. The van der Waals surface area contributed by atoms with Crippen molar-refractivity contribution in [3.05, 3.63) is 54.6 Å². The van der Waals surface area contributed by atoms with E-state index in [9.17, 15) is 13.2 Å². The molecule has 30 heavy (non-hydrogen) atoms. The van der Waals surface area contributed by atoms with Gasteiger partial charge in [-0.05, 0) is 56.1 Å². The summed E-state index contributed by atoms with van der Waals surface area (Å²) in [5.74, 6) is 0.0197. The van der Waals surface area contributed by atoms with E-state index in [0.29, 0.717) is 36.4 Å². The van der Waals surface area contributed by atoms with Gasteiger partial charge in [-0.25, -0.2) is 9.10 Å². The molecule has 0 amide bonds. The molecule has 2 aromatic carbocycles. The minimum absolute atomic E-state index is 0.0197. The monoisotopic (exact) mass is 432 g/mol. The van der Waals surface area contributed by atoms with Gasteiger partial charge in [-0.15, -0.1) is 5.48 Å². The van der Waals surface area contributed by atoms with E-state index in [-0.39, 0.29) is 18.5 Å². The van der Waals surface area contributed by atoms with Gasteiger partial charge in [-0.3, -0.25) is 4.31 Å². The SMILES string of the molecule is O=C(O)ONC1CCNCC1CCN1c2ccccc2N(c2ccccc2)S1(=O)=O. The number of anilines is 3. The van der Waals surface area contributed by atoms with Gasteiger partial charge >= 0.3 is 16.4 Å². The Morgan fingerprint density at radius 1 is 1.13 bits per heavy atom. The fourth-order valence-electron chi connectivity index (χ4n) is 4.06. The van der Waals surface area contributed by atoms with Gasteiger partial charge in [-0.2, -0.15) is 8.42 Å². The summed E-state index contributed by atoms with van der Waals surface area (Å²) in [5.41, 5.74) is 4.44. The predicted octanol–water partition coefficient (Wildman–Crippen LogP) is 2.46. The second-order valence-corrected chi connectivity index (χ2v) is 9.00. The lowest BCUT2D eigenvalue weighted by atomic mass is 9.91. The first kappa shape index (κ1) is 20.5. The molecule has 0 aliphatic carbocycles. The normalized spacial score (nSPS) is 22.5. The highest BCUT2D eigenvalue weighted by Gasteiger charge is 2.41. The molecule has 0 saturated carbocycles. The number of benzene rings is 2. The zero-order chi connectivity index (χ0) is 21.1. The van der Waals surface area contributed by atoms with Crippen LogP contribution in [0.3, 0.4) is 0 Å². The third-order valence-corrected chi connectivity index (χ3v) is 7.28. The Morgan fingerprint density at radius 2 is 1.83 bits per heavy atom. The summed E-state index contributed by atoms with van der Waals surface area (Å²) in [6.45, 7) is 1.67. The lowest BCUT2D eigenvalue weighted by molar-refractivity contribution is 0.00994. The molecule has 2 aromatic rings. The van der Waals surface area contributed by atoms with Gasteiger partial charge in [0.15, 0.2) is 0 Å². The molecule has 2 aliphatic rings. The molecule has 10 heteroatoms. The lowest BCUT2D eigenvalue weighted by Crippen LogP contribution is -2.49. The molecule has 1 saturated heterocycles. The second-order valence-electron chi connectivity index (χ2n) is 7.30. The smallest absolute Gasteiger partial charge is 0.448 e. The van der Waals surface area contributed by atoms with Crippen LogP contribution in [0.5, 0.6) is 0 Å². The van der Waals surface area contributed by atoms with E-state index in [1.165, 1.54) is 8.61 Å². The van der Waals surface area contributed by atoms with Crippen molar-refractivity contribution in [2.45, 2.75) is 18.9 Å². The number of fused-ring (bicyclic) bond motifs is 1. The van der Waals surface area contributed by atoms with Crippen LogP contribution < -0.4 is 19.4 Å². The Kier molecular flexibility index (Phi) is 5.80. The second kappa shape index (κ2) is 8.50. The molecule has 0 spiro atoms. The van der Waals surface area contributed by atoms with Crippen LogP contribution in [-0.2, 0) is 15.0 Å². The van der Waals surface area contributed by atoms with Crippen LogP contribution in [0.25, 0.3) is 0 Å². The molecule has 0 bridgehead atoms. The topological polar surface area (TPSA) is 111 Å². The molecule has 1 fully saturated rings. The van der Waals surface area contributed by atoms with E-state index < -0.39 is 16.4 Å². The maximum Gasteiger partial charge on any atom is 0.525 e. The Hall–Kier alpha value is -2.82. The number of hydroxylamine groups is 1. The summed E-state index contributed by atoms with van der Waals surface area (Å²) < 4.78 is 29.7.